The van der Waals surface area contributed by atoms with Crippen molar-refractivity contribution in [3.05, 3.63) is 60.8 Å². The number of aliphatic hydroxyl groups is 2. The van der Waals surface area contributed by atoms with Crippen molar-refractivity contribution in [2.75, 3.05) is 122 Å². The summed E-state index contributed by atoms with van der Waals surface area (Å²) in [5.74, 6) is 5.35. The lowest BCUT2D eigenvalue weighted by Crippen LogP contribution is -2.23. The van der Waals surface area contributed by atoms with Crippen molar-refractivity contribution < 1.29 is 37.5 Å². The molecule has 127 heavy (non-hydrogen) atoms. The van der Waals surface area contributed by atoms with Crippen molar-refractivity contribution in [3.8, 4) is 0 Å². The Morgan fingerprint density at radius 3 is 0.764 bits per heavy atom. The van der Waals surface area contributed by atoms with E-state index in [1.165, 1.54) is 462 Å². The summed E-state index contributed by atoms with van der Waals surface area (Å²) in [5, 5.41) is 30.9. The number of carboxylic acids is 1. The second-order valence-corrected chi connectivity index (χ2v) is 44.9. The molecule has 0 radical (unpaired) electrons. The molecule has 0 aromatic carbocycles. The van der Waals surface area contributed by atoms with Gasteiger partial charge in [0.1, 0.15) is 0 Å². The summed E-state index contributed by atoms with van der Waals surface area (Å²) in [6, 6.07) is 0. The molecule has 0 aromatic heterocycles. The standard InChI is InChI=1S/C42H84N2S2.C19H37NO.C19H39N.C18H34O2.C6H14O3S3.C4H10O2S2/c1-5-7-9-11-13-15-17-19-21-23-25-27-29-31-33-35-37-43(3)39-41-45-46-42-40-44(4)38-36-34-32-30-28-26-24-22-20-18-16-14-12-10-8-6-2;1-3-4-5-6-7-8-9-10-11-12-13-14-15-16-17-18-19(21)20-2;1-3-4-5-6-7-8-9-10-11-12-13-14-15-16-17-18-19-20-2;1-2-3-4-5-6-7-8-9-10-11-12-13-14-15-16-17-18(19)20;1-3-5-10-11-6-4-9-12(2,7)8;5-1-3-7-8-4-2-6/h19-22H,5-18,23-42H2,1-4H3;10-11H,3-9,12-18H2,1-2H3,(H,20,21);10-11,20H,3-9,12-19H2,1-2H3;9-10H,2-8,11-17H2,1H3,(H,19,20);3-6H2,1-2H3;5-6H,1-4H2/b21-19-,22-20-;2*11-10-;10-9-;;. The van der Waals surface area contributed by atoms with Crippen LogP contribution in [0.4, 0.5) is 0 Å². The van der Waals surface area contributed by atoms with Gasteiger partial charge in [-0.25, -0.2) is 0 Å². The normalized spacial score (nSPS) is 11.6. The summed E-state index contributed by atoms with van der Waals surface area (Å²) >= 11 is 0. The van der Waals surface area contributed by atoms with Crippen molar-refractivity contribution in [3.63, 3.8) is 0 Å². The van der Waals surface area contributed by atoms with Crippen LogP contribution in [0.1, 0.15) is 497 Å². The minimum absolute atomic E-state index is 0.174. The molecule has 0 heterocycles. The van der Waals surface area contributed by atoms with Crippen LogP contribution in [-0.4, -0.2) is 167 Å². The summed E-state index contributed by atoms with van der Waals surface area (Å²) in [5.41, 5.74) is 0. The molecule has 0 bridgehead atoms. The molecule has 0 saturated carbocycles. The fraction of sp³-hybridized carbons (Fsp3) is 0.889. The molecule has 0 rings (SSSR count). The van der Waals surface area contributed by atoms with Crippen LogP contribution in [0.15, 0.2) is 60.8 Å². The lowest BCUT2D eigenvalue weighted by atomic mass is 10.1. The number of carboxylic acid groups (broad SMARTS) is 1. The van der Waals surface area contributed by atoms with Gasteiger partial charge in [0.05, 0.1) is 26.1 Å². The first kappa shape index (κ1) is 137. The highest BCUT2D eigenvalue weighted by Gasteiger charge is 2.06. The molecule has 0 fully saturated rings. The van der Waals surface area contributed by atoms with E-state index in [0.29, 0.717) is 12.8 Å². The predicted molar refractivity (Wildman–Crippen MR) is 588 cm³/mol. The first-order valence-corrected chi connectivity index (χ1v) is 62.9. The monoisotopic (exact) mass is 1920 g/mol. The van der Waals surface area contributed by atoms with Crippen LogP contribution in [0, 0.1) is 0 Å². The molecule has 1 amide bonds. The molecule has 0 aliphatic heterocycles. The van der Waals surface area contributed by atoms with Gasteiger partial charge in [0.25, 0.3) is 10.1 Å². The minimum Gasteiger partial charge on any atom is -0.481 e. The number of nitrogens with zero attached hydrogens (tertiary/aromatic N) is 2. The van der Waals surface area contributed by atoms with E-state index in [0.717, 1.165) is 55.0 Å². The molecule has 19 heteroatoms. The minimum atomic E-state index is -3.24. The molecule has 0 spiro atoms. The lowest BCUT2D eigenvalue weighted by molar-refractivity contribution is -0.137. The van der Waals surface area contributed by atoms with E-state index < -0.39 is 16.1 Å². The van der Waals surface area contributed by atoms with Crippen molar-refractivity contribution in [1.29, 1.82) is 0 Å². The van der Waals surface area contributed by atoms with E-state index in [4.69, 9.17) is 15.3 Å². The Kier molecular flexibility index (Phi) is 142. The van der Waals surface area contributed by atoms with Crippen LogP contribution in [0.3, 0.4) is 0 Å². The van der Waals surface area contributed by atoms with Crippen molar-refractivity contribution in [2.45, 2.75) is 497 Å². The maximum atomic E-state index is 11.0. The number of hydrogen-bond acceptors (Lipinski definition) is 16. The first-order chi connectivity index (χ1) is 62.2. The predicted octanol–water partition coefficient (Wildman–Crippen LogP) is 34.5. The molecule has 0 aromatic rings. The lowest BCUT2D eigenvalue weighted by Gasteiger charge is -2.17. The summed E-state index contributed by atoms with van der Waals surface area (Å²) < 4.78 is 25.5. The number of allylic oxidation sites excluding steroid dienone is 10. The Labute approximate surface area is 818 Å². The van der Waals surface area contributed by atoms with Crippen molar-refractivity contribution >= 4 is 86.8 Å². The third-order valence-electron chi connectivity index (χ3n) is 22.1. The second kappa shape index (κ2) is 132. The third-order valence-corrected chi connectivity index (χ3v) is 30.0. The van der Waals surface area contributed by atoms with Crippen LogP contribution >= 0.6 is 64.8 Å². The molecule has 0 saturated heterocycles. The van der Waals surface area contributed by atoms with Gasteiger partial charge in [-0.3, -0.25) is 13.8 Å². The largest absolute Gasteiger partial charge is 0.481 e. The number of amides is 1. The zero-order valence-electron chi connectivity index (χ0n) is 86.0. The highest BCUT2D eigenvalue weighted by atomic mass is 33.1. The van der Waals surface area contributed by atoms with E-state index in [1.807, 2.05) is 7.05 Å². The van der Waals surface area contributed by atoms with E-state index in [9.17, 15) is 18.0 Å². The number of aliphatic carboxylic acids is 1. The van der Waals surface area contributed by atoms with Gasteiger partial charge in [0.15, 0.2) is 0 Å². The fourth-order valence-electron chi connectivity index (χ4n) is 14.0. The number of rotatable bonds is 97. The molecule has 5 N–H and O–H groups in total. The zero-order chi connectivity index (χ0) is 94.3. The SMILES string of the molecule is CCCCCCCC/C=C\CCCCCCCC(=O)NC.CCCCCCCC/C=C\CCCCCCCC(=O)O.CCCCCCCC/C=C\CCCCCCCCN(C)CCSSCCN(C)CCCCCCCC/C=C\CCCCCCCC.CCCCCCCC/C=C\CCCCCCCCNC.CCCSSCCOS(C)(=O)=O.OCCSSCCO. The summed E-state index contributed by atoms with van der Waals surface area (Å²) in [4.78, 5) is 26.4. The molecule has 0 aliphatic rings. The number of nitrogens with one attached hydrogen (secondary N) is 2. The summed E-state index contributed by atoms with van der Waals surface area (Å²) in [6.07, 6.45) is 119. The van der Waals surface area contributed by atoms with E-state index in [1.54, 1.807) is 50.2 Å². The number of unbranched alkanes of at least 4 members (excludes halogenated alkanes) is 58. The Balaban J connectivity index is -0.000000379. The smallest absolute Gasteiger partial charge is 0.303 e. The van der Waals surface area contributed by atoms with E-state index in [-0.39, 0.29) is 25.7 Å². The van der Waals surface area contributed by atoms with Gasteiger partial charge in [-0.15, -0.1) is 0 Å². The van der Waals surface area contributed by atoms with Gasteiger partial charge in [-0.05, 0) is 208 Å². The molecular weight excluding hydrogens is 1710 g/mol. The van der Waals surface area contributed by atoms with E-state index in [2.05, 4.69) is 163 Å². The van der Waals surface area contributed by atoms with E-state index >= 15 is 0 Å². The Morgan fingerprint density at radius 1 is 0.291 bits per heavy atom. The van der Waals surface area contributed by atoms with Crippen molar-refractivity contribution in [1.82, 2.24) is 20.4 Å². The Morgan fingerprint density at radius 2 is 0.520 bits per heavy atom. The summed E-state index contributed by atoms with van der Waals surface area (Å²) in [7, 11) is 15.8. The highest BCUT2D eigenvalue weighted by molar-refractivity contribution is 8.77. The van der Waals surface area contributed by atoms with Crippen LogP contribution < -0.4 is 10.6 Å². The van der Waals surface area contributed by atoms with Crippen LogP contribution in [0.25, 0.3) is 0 Å². The number of carbonyl (C=O) groups excluding carboxylic acids is 1. The van der Waals surface area contributed by atoms with Gasteiger partial charge in [-0.1, -0.05) is 443 Å². The quantitative estimate of drug-likeness (QED) is 0.0169. The average molecular weight is 1930 g/mol. The third kappa shape index (κ3) is 154. The molecular formula is C108H218N4O8S7. The number of hydrogen-bond donors (Lipinski definition) is 5. The van der Waals surface area contributed by atoms with Gasteiger partial charge in [0.2, 0.25) is 5.91 Å². The molecule has 760 valence electrons. The maximum Gasteiger partial charge on any atom is 0.303 e. The topological polar surface area (TPSA) is 169 Å². The first-order valence-electron chi connectivity index (χ1n) is 53.7. The number of aliphatic hydroxyl groups excluding tert-OH is 2. The maximum absolute atomic E-state index is 11.0. The van der Waals surface area contributed by atoms with Gasteiger partial charge in [-0.2, -0.15) is 8.42 Å². The second-order valence-electron chi connectivity index (χ2n) is 35.2. The van der Waals surface area contributed by atoms with Gasteiger partial charge >= 0.3 is 5.97 Å². The average Bonchev–Trinajstić information content (AvgIpc) is 0.988. The Hall–Kier alpha value is -0.550. The van der Waals surface area contributed by atoms with Crippen LogP contribution in [0.2, 0.25) is 0 Å². The van der Waals surface area contributed by atoms with Crippen LogP contribution in [-0.2, 0) is 23.9 Å². The van der Waals surface area contributed by atoms with Crippen molar-refractivity contribution in [2.24, 2.45) is 0 Å². The molecule has 0 aliphatic carbocycles. The van der Waals surface area contributed by atoms with Gasteiger partial charge < -0.3 is 35.8 Å². The van der Waals surface area contributed by atoms with Gasteiger partial charge in [0, 0.05) is 67.5 Å². The van der Waals surface area contributed by atoms with Crippen LogP contribution in [0.5, 0.6) is 0 Å². The fourth-order valence-corrected chi connectivity index (χ4v) is 20.1. The molecule has 12 nitrogen and oxygen atoms in total. The Bertz CT molecular complexity index is 2200. The highest BCUT2D eigenvalue weighted by Crippen LogP contribution is 2.24. The molecule has 0 atom stereocenters. The summed E-state index contributed by atoms with van der Waals surface area (Å²) in [6.45, 7) is 20.4. The zero-order valence-corrected chi connectivity index (χ0v) is 91.7. The number of carbonyl (C=O) groups is 2. The molecule has 0 unspecified atom stereocenters.